The van der Waals surface area contributed by atoms with E-state index in [0.29, 0.717) is 5.56 Å². The molecule has 0 radical (unpaired) electrons. The van der Waals surface area contributed by atoms with Crippen molar-refractivity contribution in [1.29, 1.82) is 0 Å². The van der Waals surface area contributed by atoms with Crippen molar-refractivity contribution < 1.29 is 19.6 Å². The standard InChI is InChI=1S/C13H14N2O5/c1-2-3-11(13(17)18)14-12(16)8-9-4-6-10(7-5-9)15(19)20/h2,4-7,11H,1,3,8H2,(H,14,16)(H,17,18). The fraction of sp³-hybridized carbons (Fsp3) is 0.231. The highest BCUT2D eigenvalue weighted by molar-refractivity contribution is 5.84. The van der Waals surface area contributed by atoms with E-state index in [1.807, 2.05) is 0 Å². The van der Waals surface area contributed by atoms with Crippen LogP contribution in [0, 0.1) is 10.1 Å². The molecular formula is C13H14N2O5. The van der Waals surface area contributed by atoms with Gasteiger partial charge in [-0.05, 0) is 12.0 Å². The molecule has 0 saturated carbocycles. The highest BCUT2D eigenvalue weighted by atomic mass is 16.6. The second-order valence-electron chi connectivity index (χ2n) is 4.08. The first-order valence-corrected chi connectivity index (χ1v) is 5.80. The Morgan fingerprint density at radius 1 is 1.40 bits per heavy atom. The molecule has 0 aromatic heterocycles. The van der Waals surface area contributed by atoms with Crippen LogP contribution < -0.4 is 5.32 Å². The molecule has 7 nitrogen and oxygen atoms in total. The van der Waals surface area contributed by atoms with E-state index in [1.54, 1.807) is 0 Å². The fourth-order valence-corrected chi connectivity index (χ4v) is 1.55. The van der Waals surface area contributed by atoms with Crippen molar-refractivity contribution in [1.82, 2.24) is 5.32 Å². The summed E-state index contributed by atoms with van der Waals surface area (Å²) in [5.41, 5.74) is 0.500. The molecule has 106 valence electrons. The van der Waals surface area contributed by atoms with Crippen LogP contribution in [0.1, 0.15) is 12.0 Å². The first-order chi connectivity index (χ1) is 9.43. The number of aliphatic carboxylic acids is 1. The molecule has 0 saturated heterocycles. The van der Waals surface area contributed by atoms with E-state index in [0.717, 1.165) is 0 Å². The van der Waals surface area contributed by atoms with Gasteiger partial charge < -0.3 is 10.4 Å². The van der Waals surface area contributed by atoms with Gasteiger partial charge in [-0.1, -0.05) is 18.2 Å². The van der Waals surface area contributed by atoms with Crippen LogP contribution >= 0.6 is 0 Å². The lowest BCUT2D eigenvalue weighted by molar-refractivity contribution is -0.384. The van der Waals surface area contributed by atoms with Gasteiger partial charge in [0.25, 0.3) is 5.69 Å². The lowest BCUT2D eigenvalue weighted by atomic mass is 10.1. The molecule has 0 spiro atoms. The molecule has 1 aromatic carbocycles. The van der Waals surface area contributed by atoms with E-state index in [9.17, 15) is 19.7 Å². The SMILES string of the molecule is C=CCC(NC(=O)Cc1ccc([N+](=O)[O-])cc1)C(=O)O. The zero-order chi connectivity index (χ0) is 15.1. The lowest BCUT2D eigenvalue weighted by Gasteiger charge is -2.12. The minimum atomic E-state index is -1.14. The number of nitro benzene ring substituents is 1. The van der Waals surface area contributed by atoms with Gasteiger partial charge in [-0.2, -0.15) is 0 Å². The van der Waals surface area contributed by atoms with Crippen molar-refractivity contribution in [3.05, 3.63) is 52.6 Å². The highest BCUT2D eigenvalue weighted by Gasteiger charge is 2.18. The van der Waals surface area contributed by atoms with Gasteiger partial charge in [0, 0.05) is 12.1 Å². The molecule has 0 aliphatic heterocycles. The summed E-state index contributed by atoms with van der Waals surface area (Å²) in [6, 6.07) is 4.49. The number of carbonyl (C=O) groups is 2. The number of benzene rings is 1. The lowest BCUT2D eigenvalue weighted by Crippen LogP contribution is -2.41. The van der Waals surface area contributed by atoms with Gasteiger partial charge in [0.1, 0.15) is 6.04 Å². The number of hydrogen-bond donors (Lipinski definition) is 2. The fourth-order valence-electron chi connectivity index (χ4n) is 1.55. The molecule has 0 heterocycles. The van der Waals surface area contributed by atoms with Gasteiger partial charge >= 0.3 is 5.97 Å². The van der Waals surface area contributed by atoms with E-state index < -0.39 is 22.8 Å². The summed E-state index contributed by atoms with van der Waals surface area (Å²) in [6.45, 7) is 3.42. The maximum absolute atomic E-state index is 11.7. The van der Waals surface area contributed by atoms with Gasteiger partial charge in [0.15, 0.2) is 0 Å². The predicted molar refractivity (Wildman–Crippen MR) is 71.2 cm³/mol. The average Bonchev–Trinajstić information content (AvgIpc) is 2.38. The van der Waals surface area contributed by atoms with Crippen LogP contribution in [0.3, 0.4) is 0 Å². The molecule has 7 heteroatoms. The highest BCUT2D eigenvalue weighted by Crippen LogP contribution is 2.12. The van der Waals surface area contributed by atoms with Gasteiger partial charge in [-0.15, -0.1) is 6.58 Å². The Hall–Kier alpha value is -2.70. The third-order valence-electron chi connectivity index (χ3n) is 2.55. The predicted octanol–water partition coefficient (Wildman–Crippen LogP) is 1.28. The summed E-state index contributed by atoms with van der Waals surface area (Å²) in [4.78, 5) is 32.5. The zero-order valence-corrected chi connectivity index (χ0v) is 10.6. The van der Waals surface area contributed by atoms with Crippen molar-refractivity contribution in [2.45, 2.75) is 18.9 Å². The number of carboxylic acids is 1. The van der Waals surface area contributed by atoms with E-state index in [2.05, 4.69) is 11.9 Å². The van der Waals surface area contributed by atoms with E-state index >= 15 is 0 Å². The third kappa shape index (κ3) is 4.52. The van der Waals surface area contributed by atoms with E-state index in [1.165, 1.54) is 30.3 Å². The minimum absolute atomic E-state index is 0.0427. The Morgan fingerprint density at radius 2 is 2.00 bits per heavy atom. The van der Waals surface area contributed by atoms with Crippen LogP contribution in [0.25, 0.3) is 0 Å². The number of amides is 1. The monoisotopic (exact) mass is 278 g/mol. The minimum Gasteiger partial charge on any atom is -0.480 e. The number of nitrogens with zero attached hydrogens (tertiary/aromatic N) is 1. The van der Waals surface area contributed by atoms with Crippen LogP contribution in [-0.4, -0.2) is 27.9 Å². The van der Waals surface area contributed by atoms with Crippen molar-refractivity contribution in [2.24, 2.45) is 0 Å². The third-order valence-corrected chi connectivity index (χ3v) is 2.55. The Bertz CT molecular complexity index is 524. The summed E-state index contributed by atoms with van der Waals surface area (Å²) in [5, 5.41) is 21.7. The summed E-state index contributed by atoms with van der Waals surface area (Å²) in [6.07, 6.45) is 1.49. The first kappa shape index (κ1) is 15.4. The number of rotatable bonds is 7. The molecule has 0 aliphatic rings. The maximum atomic E-state index is 11.7. The van der Waals surface area contributed by atoms with Crippen molar-refractivity contribution >= 4 is 17.6 Å². The molecule has 1 unspecified atom stereocenters. The van der Waals surface area contributed by atoms with Crippen molar-refractivity contribution in [3.63, 3.8) is 0 Å². The maximum Gasteiger partial charge on any atom is 0.326 e. The Morgan fingerprint density at radius 3 is 2.45 bits per heavy atom. The summed E-state index contributed by atoms with van der Waals surface area (Å²) < 4.78 is 0. The molecule has 20 heavy (non-hydrogen) atoms. The number of nitro groups is 1. The normalized spacial score (nSPS) is 11.4. The summed E-state index contributed by atoms with van der Waals surface area (Å²) in [5.74, 6) is -1.60. The summed E-state index contributed by atoms with van der Waals surface area (Å²) in [7, 11) is 0. The van der Waals surface area contributed by atoms with Crippen molar-refractivity contribution in [3.8, 4) is 0 Å². The number of hydrogen-bond acceptors (Lipinski definition) is 4. The smallest absolute Gasteiger partial charge is 0.326 e. The Kier molecular flexibility index (Phi) is 5.40. The molecule has 1 rings (SSSR count). The molecule has 1 amide bonds. The molecule has 1 atom stereocenters. The average molecular weight is 278 g/mol. The van der Waals surface area contributed by atoms with E-state index in [-0.39, 0.29) is 18.5 Å². The molecule has 0 fully saturated rings. The first-order valence-electron chi connectivity index (χ1n) is 5.80. The van der Waals surface area contributed by atoms with Crippen molar-refractivity contribution in [2.75, 3.05) is 0 Å². The Balaban J connectivity index is 2.63. The topological polar surface area (TPSA) is 110 Å². The molecule has 0 aliphatic carbocycles. The molecular weight excluding hydrogens is 264 g/mol. The number of nitrogens with one attached hydrogen (secondary N) is 1. The second kappa shape index (κ2) is 7.03. The van der Waals surface area contributed by atoms with Crippen LogP contribution in [-0.2, 0) is 16.0 Å². The molecule has 1 aromatic rings. The number of non-ortho nitro benzene ring substituents is 1. The van der Waals surface area contributed by atoms with Gasteiger partial charge in [-0.25, -0.2) is 4.79 Å². The summed E-state index contributed by atoms with van der Waals surface area (Å²) >= 11 is 0. The van der Waals surface area contributed by atoms with Crippen LogP contribution in [0.2, 0.25) is 0 Å². The number of carboxylic acid groups (broad SMARTS) is 1. The number of carbonyl (C=O) groups excluding carboxylic acids is 1. The van der Waals surface area contributed by atoms with Crippen LogP contribution in [0.15, 0.2) is 36.9 Å². The molecule has 0 bridgehead atoms. The van der Waals surface area contributed by atoms with Crippen LogP contribution in [0.4, 0.5) is 5.69 Å². The van der Waals surface area contributed by atoms with Gasteiger partial charge in [-0.3, -0.25) is 14.9 Å². The quantitative estimate of drug-likeness (QED) is 0.443. The second-order valence-corrected chi connectivity index (χ2v) is 4.08. The largest absolute Gasteiger partial charge is 0.480 e. The van der Waals surface area contributed by atoms with Gasteiger partial charge in [0.05, 0.1) is 11.3 Å². The van der Waals surface area contributed by atoms with E-state index in [4.69, 9.17) is 5.11 Å². The molecule has 2 N–H and O–H groups in total. The van der Waals surface area contributed by atoms with Crippen LogP contribution in [0.5, 0.6) is 0 Å². The Labute approximate surface area is 115 Å². The zero-order valence-electron chi connectivity index (χ0n) is 10.6. The van der Waals surface area contributed by atoms with Gasteiger partial charge in [0.2, 0.25) is 5.91 Å².